The average Bonchev–Trinajstić information content (AvgIpc) is 3.54. The molecule has 0 bridgehead atoms. The fourth-order valence-electron chi connectivity index (χ4n) is 4.89. The second-order valence-corrected chi connectivity index (χ2v) is 14.0. The number of nitrogens with one attached hydrogen (secondary N) is 1. The Kier molecular flexibility index (Phi) is 9.88. The van der Waals surface area contributed by atoms with Crippen molar-refractivity contribution in [2.75, 3.05) is 36.7 Å². The number of aliphatic imine (C=N–C) groups is 1. The first-order chi connectivity index (χ1) is 21.2. The van der Waals surface area contributed by atoms with Crippen molar-refractivity contribution >= 4 is 50.2 Å². The number of carbonyl (C=O) groups is 2. The zero-order chi connectivity index (χ0) is 33.1. The van der Waals surface area contributed by atoms with Gasteiger partial charge in [-0.15, -0.1) is 9.89 Å². The van der Waals surface area contributed by atoms with Gasteiger partial charge in [0.2, 0.25) is 11.7 Å². The highest BCUT2D eigenvalue weighted by molar-refractivity contribution is 7.91. The molecule has 4 rings (SSSR count). The molecule has 14 heteroatoms. The lowest BCUT2D eigenvalue weighted by Gasteiger charge is -2.31. The summed E-state index contributed by atoms with van der Waals surface area (Å²) in [7, 11) is -2.12. The summed E-state index contributed by atoms with van der Waals surface area (Å²) in [6.07, 6.45) is 1.22. The van der Waals surface area contributed by atoms with Gasteiger partial charge in [-0.1, -0.05) is 20.8 Å². The Labute approximate surface area is 263 Å². The van der Waals surface area contributed by atoms with Crippen LogP contribution in [0.1, 0.15) is 51.9 Å². The summed E-state index contributed by atoms with van der Waals surface area (Å²) < 4.78 is 29.3. The van der Waals surface area contributed by atoms with E-state index in [0.29, 0.717) is 35.3 Å². The summed E-state index contributed by atoms with van der Waals surface area (Å²) >= 11 is 0. The zero-order valence-electron chi connectivity index (χ0n) is 26.7. The summed E-state index contributed by atoms with van der Waals surface area (Å²) in [5, 5.41) is 11.3. The number of aromatic nitrogens is 3. The maximum Gasteiger partial charge on any atom is 0.306 e. The first-order valence-corrected chi connectivity index (χ1v) is 16.5. The van der Waals surface area contributed by atoms with Crippen LogP contribution in [-0.2, 0) is 24.2 Å². The maximum atomic E-state index is 12.4. The third kappa shape index (κ3) is 7.63. The monoisotopic (exact) mass is 636 g/mol. The molecule has 0 saturated heterocycles. The van der Waals surface area contributed by atoms with Gasteiger partial charge in [0, 0.05) is 48.1 Å². The van der Waals surface area contributed by atoms with E-state index in [1.807, 2.05) is 52.8 Å². The molecule has 3 aromatic rings. The number of benzene rings is 2. The van der Waals surface area contributed by atoms with Crippen molar-refractivity contribution in [1.29, 1.82) is 0 Å². The first kappa shape index (κ1) is 33.5. The Balaban J connectivity index is 1.63. The van der Waals surface area contributed by atoms with E-state index in [2.05, 4.69) is 15.2 Å². The number of hydrogen-bond acceptors (Lipinski definition) is 11. The molecule has 2 aromatic carbocycles. The lowest BCUT2D eigenvalue weighted by molar-refractivity contribution is -0.141. The highest BCUT2D eigenvalue weighted by Crippen LogP contribution is 2.31. The Morgan fingerprint density at radius 2 is 1.82 bits per heavy atom. The van der Waals surface area contributed by atoms with Gasteiger partial charge in [-0.3, -0.25) is 9.59 Å². The molecule has 240 valence electrons. The molecule has 1 atom stereocenters. The maximum absolute atomic E-state index is 12.4. The second kappa shape index (κ2) is 13.3. The molecule has 1 amide bonds. The fourth-order valence-corrected chi connectivity index (χ4v) is 5.98. The van der Waals surface area contributed by atoms with Crippen LogP contribution < -0.4 is 16.0 Å². The standard InChI is InChI=1S/C31H40N8O5S/c1-8-38(25(18-32)45(7,42)43)22-13-14-23(19(2)17-22)34-27-28(31(3,4)5)36-39-30(27)35-29(37-39)20-9-11-21(12-10-20)33-24(40)15-16-26(41)44-6/h9-14,17,25H,8,15-16,18,32H2,1-7H3,(H,33,40). The van der Waals surface area contributed by atoms with Crippen LogP contribution >= 0.6 is 0 Å². The summed E-state index contributed by atoms with van der Waals surface area (Å²) in [5.74, 6) is 0.198. The summed E-state index contributed by atoms with van der Waals surface area (Å²) in [5.41, 5.74) is 10.4. The van der Waals surface area contributed by atoms with Crippen molar-refractivity contribution in [3.8, 4) is 11.4 Å². The molecule has 1 aliphatic rings. The van der Waals surface area contributed by atoms with Gasteiger partial charge in [0.15, 0.2) is 15.7 Å². The molecule has 1 unspecified atom stereocenters. The third-order valence-corrected chi connectivity index (χ3v) is 8.71. The summed E-state index contributed by atoms with van der Waals surface area (Å²) in [4.78, 5) is 36.5. The Bertz CT molecular complexity index is 1750. The molecular weight excluding hydrogens is 596 g/mol. The van der Waals surface area contributed by atoms with Crippen LogP contribution in [0.5, 0.6) is 0 Å². The lowest BCUT2D eigenvalue weighted by atomic mass is 9.87. The van der Waals surface area contributed by atoms with E-state index in [9.17, 15) is 18.0 Å². The Morgan fingerprint density at radius 3 is 2.38 bits per heavy atom. The quantitative estimate of drug-likeness (QED) is 0.298. The normalized spacial score (nSPS) is 14.6. The van der Waals surface area contributed by atoms with Crippen molar-refractivity contribution in [2.45, 2.75) is 52.8 Å². The van der Waals surface area contributed by atoms with Crippen LogP contribution in [0, 0.1) is 12.3 Å². The Morgan fingerprint density at radius 1 is 1.13 bits per heavy atom. The molecule has 0 aliphatic carbocycles. The number of likely N-dealkylation sites (N-methyl/N-ethyl adjacent to an activating group) is 1. The van der Waals surface area contributed by atoms with Crippen molar-refractivity contribution in [2.24, 2.45) is 21.2 Å². The number of carbonyl (C=O) groups excluding carboxylic acids is 2. The fraction of sp³-hybridized carbons (Fsp3) is 0.419. The van der Waals surface area contributed by atoms with E-state index >= 15 is 0 Å². The van der Waals surface area contributed by atoms with Gasteiger partial charge in [0.1, 0.15) is 11.1 Å². The third-order valence-electron chi connectivity index (χ3n) is 7.27. The number of nitrogens with zero attached hydrogens (tertiary/aromatic N) is 6. The number of anilines is 2. The smallest absolute Gasteiger partial charge is 0.306 e. The second-order valence-electron chi connectivity index (χ2n) is 11.8. The van der Waals surface area contributed by atoms with Crippen LogP contribution in [0.25, 0.3) is 11.4 Å². The minimum Gasteiger partial charge on any atom is -0.469 e. The highest BCUT2D eigenvalue weighted by atomic mass is 32.2. The SMILES string of the molecule is CCN(c1ccc(N=C2C(C(C)(C)C)=Nn3nc(-c4ccc(NC(=O)CCC(=O)OC)cc4)nc32)c(C)c1)C(CN)S(C)(=O)=O. The van der Waals surface area contributed by atoms with Gasteiger partial charge < -0.3 is 20.7 Å². The lowest BCUT2D eigenvalue weighted by Crippen LogP contribution is -2.45. The molecule has 3 N–H and O–H groups in total. The number of aryl methyl sites for hydroxylation is 1. The number of amides is 1. The molecule has 0 fully saturated rings. The predicted octanol–water partition coefficient (Wildman–Crippen LogP) is 3.69. The number of nitrogens with two attached hydrogens (primary N) is 1. The van der Waals surface area contributed by atoms with E-state index in [-0.39, 0.29) is 30.7 Å². The minimum atomic E-state index is -3.40. The van der Waals surface area contributed by atoms with Gasteiger partial charge >= 0.3 is 5.97 Å². The number of rotatable bonds is 11. The number of methoxy groups -OCH3 is 1. The molecule has 0 saturated carbocycles. The van der Waals surface area contributed by atoms with Crippen molar-refractivity contribution in [3.63, 3.8) is 0 Å². The number of sulfone groups is 1. The van der Waals surface area contributed by atoms with E-state index in [1.54, 1.807) is 29.2 Å². The van der Waals surface area contributed by atoms with Crippen LogP contribution in [0.2, 0.25) is 0 Å². The van der Waals surface area contributed by atoms with Gasteiger partial charge in [-0.05, 0) is 61.9 Å². The highest BCUT2D eigenvalue weighted by Gasteiger charge is 2.35. The number of ether oxygens (including phenoxy) is 1. The predicted molar refractivity (Wildman–Crippen MR) is 176 cm³/mol. The number of fused-ring (bicyclic) bond motifs is 1. The van der Waals surface area contributed by atoms with Gasteiger partial charge in [-0.25, -0.2) is 18.4 Å². The summed E-state index contributed by atoms with van der Waals surface area (Å²) in [6.45, 7) is 10.4. The van der Waals surface area contributed by atoms with Crippen LogP contribution in [0.4, 0.5) is 17.1 Å². The van der Waals surface area contributed by atoms with Gasteiger partial charge in [0.25, 0.3) is 0 Å². The topological polar surface area (TPSA) is 174 Å². The molecule has 45 heavy (non-hydrogen) atoms. The summed E-state index contributed by atoms with van der Waals surface area (Å²) in [6, 6.07) is 12.7. The van der Waals surface area contributed by atoms with E-state index in [0.717, 1.165) is 22.5 Å². The molecular formula is C31H40N8O5S. The van der Waals surface area contributed by atoms with Gasteiger partial charge in [-0.2, -0.15) is 5.10 Å². The van der Waals surface area contributed by atoms with Crippen molar-refractivity contribution < 1.29 is 22.7 Å². The number of hydrogen-bond donors (Lipinski definition) is 2. The van der Waals surface area contributed by atoms with Crippen LogP contribution in [0.3, 0.4) is 0 Å². The van der Waals surface area contributed by atoms with Crippen molar-refractivity contribution in [3.05, 3.63) is 53.9 Å². The largest absolute Gasteiger partial charge is 0.469 e. The average molecular weight is 637 g/mol. The van der Waals surface area contributed by atoms with E-state index in [1.165, 1.54) is 18.2 Å². The van der Waals surface area contributed by atoms with Crippen molar-refractivity contribution in [1.82, 2.24) is 14.9 Å². The molecule has 2 heterocycles. The van der Waals surface area contributed by atoms with Crippen LogP contribution in [0.15, 0.2) is 52.6 Å². The Hall–Kier alpha value is -4.43. The molecule has 0 radical (unpaired) electrons. The zero-order valence-corrected chi connectivity index (χ0v) is 27.5. The molecule has 1 aliphatic heterocycles. The van der Waals surface area contributed by atoms with E-state index in [4.69, 9.17) is 20.8 Å². The molecule has 1 aromatic heterocycles. The molecule has 0 spiro atoms. The van der Waals surface area contributed by atoms with Gasteiger partial charge in [0.05, 0.1) is 24.9 Å². The number of esters is 1. The van der Waals surface area contributed by atoms with E-state index < -0.39 is 21.2 Å². The molecule has 13 nitrogen and oxygen atoms in total. The first-order valence-electron chi connectivity index (χ1n) is 14.6. The van der Waals surface area contributed by atoms with Crippen LogP contribution in [-0.4, -0.2) is 78.4 Å². The minimum absolute atomic E-state index is 0.00426.